The zero-order chi connectivity index (χ0) is 14.5. The third-order valence-electron chi connectivity index (χ3n) is 3.28. The minimum absolute atomic E-state index is 0.0676. The first-order chi connectivity index (χ1) is 9.63. The summed E-state index contributed by atoms with van der Waals surface area (Å²) in [5, 5.41) is 2.93. The monoisotopic (exact) mass is 278 g/mol. The Morgan fingerprint density at radius 3 is 2.85 bits per heavy atom. The third kappa shape index (κ3) is 3.87. The molecule has 1 aromatic carbocycles. The molecule has 1 aliphatic rings. The van der Waals surface area contributed by atoms with Gasteiger partial charge in [0.2, 0.25) is 0 Å². The molecule has 5 nitrogen and oxygen atoms in total. The van der Waals surface area contributed by atoms with Gasteiger partial charge in [-0.3, -0.25) is 4.79 Å². The summed E-state index contributed by atoms with van der Waals surface area (Å²) in [6.07, 6.45) is 2.31. The molecule has 1 fully saturated rings. The number of nitrogens with one attached hydrogen (secondary N) is 1. The first-order valence-corrected chi connectivity index (χ1v) is 6.98. The van der Waals surface area contributed by atoms with E-state index in [2.05, 4.69) is 5.32 Å². The van der Waals surface area contributed by atoms with E-state index in [1.54, 1.807) is 14.0 Å². The SMILES string of the molecule is COc1ccc(OC(C)C(=O)NC2CC2)c(CCN)c1. The Balaban J connectivity index is 2.04. The summed E-state index contributed by atoms with van der Waals surface area (Å²) in [5.41, 5.74) is 6.57. The lowest BCUT2D eigenvalue weighted by molar-refractivity contribution is -0.127. The fourth-order valence-electron chi connectivity index (χ4n) is 1.94. The molecule has 110 valence electrons. The molecule has 1 saturated carbocycles. The first-order valence-electron chi connectivity index (χ1n) is 6.98. The number of ether oxygens (including phenoxy) is 2. The molecule has 0 aromatic heterocycles. The summed E-state index contributed by atoms with van der Waals surface area (Å²) in [6.45, 7) is 2.28. The van der Waals surface area contributed by atoms with Gasteiger partial charge < -0.3 is 20.5 Å². The highest BCUT2D eigenvalue weighted by atomic mass is 16.5. The summed E-state index contributed by atoms with van der Waals surface area (Å²) < 4.78 is 11.0. The Morgan fingerprint density at radius 2 is 2.25 bits per heavy atom. The van der Waals surface area contributed by atoms with Gasteiger partial charge in [0.15, 0.2) is 6.10 Å². The minimum Gasteiger partial charge on any atom is -0.497 e. The third-order valence-corrected chi connectivity index (χ3v) is 3.28. The van der Waals surface area contributed by atoms with Crippen LogP contribution in [0.4, 0.5) is 0 Å². The molecule has 0 spiro atoms. The lowest BCUT2D eigenvalue weighted by atomic mass is 10.1. The van der Waals surface area contributed by atoms with Crippen molar-refractivity contribution in [3.8, 4) is 11.5 Å². The second-order valence-corrected chi connectivity index (χ2v) is 5.06. The summed E-state index contributed by atoms with van der Waals surface area (Å²) >= 11 is 0. The first kappa shape index (κ1) is 14.7. The average molecular weight is 278 g/mol. The topological polar surface area (TPSA) is 73.6 Å². The Bertz CT molecular complexity index is 472. The fraction of sp³-hybridized carbons (Fsp3) is 0.533. The van der Waals surface area contributed by atoms with Gasteiger partial charge in [-0.15, -0.1) is 0 Å². The van der Waals surface area contributed by atoms with Gasteiger partial charge in [-0.25, -0.2) is 0 Å². The van der Waals surface area contributed by atoms with E-state index in [0.29, 0.717) is 24.8 Å². The predicted molar refractivity (Wildman–Crippen MR) is 77.0 cm³/mol. The van der Waals surface area contributed by atoms with Crippen LogP contribution in [0, 0.1) is 0 Å². The molecule has 20 heavy (non-hydrogen) atoms. The van der Waals surface area contributed by atoms with Crippen molar-refractivity contribution < 1.29 is 14.3 Å². The molecule has 5 heteroatoms. The summed E-state index contributed by atoms with van der Waals surface area (Å²) in [7, 11) is 1.62. The molecule has 2 rings (SSSR count). The zero-order valence-electron chi connectivity index (χ0n) is 12.0. The summed E-state index contributed by atoms with van der Waals surface area (Å²) in [6, 6.07) is 5.88. The van der Waals surface area contributed by atoms with Crippen molar-refractivity contribution in [2.24, 2.45) is 5.73 Å². The van der Waals surface area contributed by atoms with Gasteiger partial charge in [0.1, 0.15) is 11.5 Å². The molecule has 0 bridgehead atoms. The van der Waals surface area contributed by atoms with E-state index in [9.17, 15) is 4.79 Å². The van der Waals surface area contributed by atoms with E-state index < -0.39 is 6.10 Å². The Kier molecular flexibility index (Phi) is 4.84. The van der Waals surface area contributed by atoms with Crippen molar-refractivity contribution in [2.45, 2.75) is 38.3 Å². The zero-order valence-corrected chi connectivity index (χ0v) is 12.0. The molecular weight excluding hydrogens is 256 g/mol. The van der Waals surface area contributed by atoms with Crippen LogP contribution in [0.2, 0.25) is 0 Å². The van der Waals surface area contributed by atoms with Crippen LogP contribution in [0.5, 0.6) is 11.5 Å². The van der Waals surface area contributed by atoms with Crippen LogP contribution in [0.1, 0.15) is 25.3 Å². The largest absolute Gasteiger partial charge is 0.497 e. The smallest absolute Gasteiger partial charge is 0.260 e. The molecule has 1 amide bonds. The molecule has 0 saturated heterocycles. The molecule has 1 unspecified atom stereocenters. The predicted octanol–water partition coefficient (Wildman–Crippen LogP) is 1.24. The van der Waals surface area contributed by atoms with Crippen molar-refractivity contribution in [3.63, 3.8) is 0 Å². The number of carbonyl (C=O) groups is 1. The maximum absolute atomic E-state index is 11.9. The van der Waals surface area contributed by atoms with Gasteiger partial charge in [-0.05, 0) is 56.5 Å². The Hall–Kier alpha value is -1.75. The quantitative estimate of drug-likeness (QED) is 0.787. The summed E-state index contributed by atoms with van der Waals surface area (Å²) in [5.74, 6) is 1.38. The van der Waals surface area contributed by atoms with Gasteiger partial charge in [-0.2, -0.15) is 0 Å². The van der Waals surface area contributed by atoms with E-state index in [1.165, 1.54) is 0 Å². The van der Waals surface area contributed by atoms with Crippen molar-refractivity contribution >= 4 is 5.91 Å². The number of nitrogens with two attached hydrogens (primary N) is 1. The van der Waals surface area contributed by atoms with Crippen LogP contribution in [-0.2, 0) is 11.2 Å². The highest BCUT2D eigenvalue weighted by molar-refractivity contribution is 5.81. The average Bonchev–Trinajstić information content (AvgIpc) is 3.24. The number of rotatable bonds is 7. The second-order valence-electron chi connectivity index (χ2n) is 5.06. The van der Waals surface area contributed by atoms with Crippen LogP contribution in [-0.4, -0.2) is 31.7 Å². The van der Waals surface area contributed by atoms with Crippen molar-refractivity contribution in [2.75, 3.05) is 13.7 Å². The minimum atomic E-state index is -0.513. The van der Waals surface area contributed by atoms with Crippen molar-refractivity contribution in [1.82, 2.24) is 5.32 Å². The number of hydrogen-bond donors (Lipinski definition) is 2. The molecule has 1 aromatic rings. The van der Waals surface area contributed by atoms with Crippen LogP contribution in [0.3, 0.4) is 0 Å². The van der Waals surface area contributed by atoms with Crippen LogP contribution in [0.15, 0.2) is 18.2 Å². The standard InChI is InChI=1S/C15H22N2O3/c1-10(15(18)17-12-3-4-12)20-14-6-5-13(19-2)9-11(14)7-8-16/h5-6,9-10,12H,3-4,7-8,16H2,1-2H3,(H,17,18). The number of hydrogen-bond acceptors (Lipinski definition) is 4. The van der Waals surface area contributed by atoms with E-state index in [1.807, 2.05) is 18.2 Å². The van der Waals surface area contributed by atoms with Gasteiger partial charge in [0.05, 0.1) is 7.11 Å². The lowest BCUT2D eigenvalue weighted by Crippen LogP contribution is -2.37. The summed E-state index contributed by atoms with van der Waals surface area (Å²) in [4.78, 5) is 11.9. The molecule has 3 N–H and O–H groups in total. The Labute approximate surface area is 119 Å². The maximum atomic E-state index is 11.9. The molecule has 0 aliphatic heterocycles. The molecule has 1 atom stereocenters. The number of methoxy groups -OCH3 is 1. The van der Waals surface area contributed by atoms with E-state index in [0.717, 1.165) is 24.2 Å². The van der Waals surface area contributed by atoms with Gasteiger partial charge >= 0.3 is 0 Å². The highest BCUT2D eigenvalue weighted by Crippen LogP contribution is 2.26. The number of benzene rings is 1. The molecule has 0 radical (unpaired) electrons. The van der Waals surface area contributed by atoms with Gasteiger partial charge in [-0.1, -0.05) is 0 Å². The van der Waals surface area contributed by atoms with Crippen molar-refractivity contribution in [1.29, 1.82) is 0 Å². The Morgan fingerprint density at radius 1 is 1.50 bits per heavy atom. The second kappa shape index (κ2) is 6.61. The number of carbonyl (C=O) groups excluding carboxylic acids is 1. The van der Waals surface area contributed by atoms with E-state index in [-0.39, 0.29) is 5.91 Å². The highest BCUT2D eigenvalue weighted by Gasteiger charge is 2.26. The van der Waals surface area contributed by atoms with Gasteiger partial charge in [0, 0.05) is 6.04 Å². The van der Waals surface area contributed by atoms with Gasteiger partial charge in [0.25, 0.3) is 5.91 Å². The van der Waals surface area contributed by atoms with Crippen LogP contribution >= 0.6 is 0 Å². The van der Waals surface area contributed by atoms with Crippen LogP contribution in [0.25, 0.3) is 0 Å². The molecule has 0 heterocycles. The van der Waals surface area contributed by atoms with E-state index >= 15 is 0 Å². The maximum Gasteiger partial charge on any atom is 0.260 e. The lowest BCUT2D eigenvalue weighted by Gasteiger charge is -2.17. The number of amides is 1. The normalized spacial score (nSPS) is 15.6. The van der Waals surface area contributed by atoms with Crippen molar-refractivity contribution in [3.05, 3.63) is 23.8 Å². The van der Waals surface area contributed by atoms with Crippen LogP contribution < -0.4 is 20.5 Å². The fourth-order valence-corrected chi connectivity index (χ4v) is 1.94. The molecular formula is C15H22N2O3. The molecule has 1 aliphatic carbocycles. The van der Waals surface area contributed by atoms with E-state index in [4.69, 9.17) is 15.2 Å².